The molecular weight excluding hydrogens is 930 g/mol. The third-order valence-corrected chi connectivity index (χ3v) is 15.8. The molecule has 8 rings (SSSR count). The number of aliphatic hydroxyl groups is 1. The number of rotatable bonds is 13. The maximum atomic E-state index is 14.1. The molecule has 14 nitrogen and oxygen atoms in total. The van der Waals surface area contributed by atoms with Gasteiger partial charge in [-0.05, 0) is 93.6 Å². The first-order valence-electron chi connectivity index (χ1n) is 25.4. The van der Waals surface area contributed by atoms with Gasteiger partial charge in [-0.3, -0.25) is 19.2 Å². The number of aryl methyl sites for hydroxylation is 1. The van der Waals surface area contributed by atoms with Crippen molar-refractivity contribution in [2.24, 2.45) is 22.7 Å². The molecule has 4 amide bonds. The molecule has 1 aliphatic carbocycles. The standard InChI is InChI=1S/C57H68ClN7O7/c1-35(2)50(48-29-36(3)62-72-48)53(70)65-34-43(66)30-47(65)52(69)60-46(39-11-9-8-10-12-39)32-49(67)64-27-23-42(24-28-64)63-25-21-38(22-26-63)14-13-37-15-17-40(18-16-37)51(68)61-54-56(4,5)55(57(54,6)7)71-44-20-19-41(33-59)45(58)31-44/h8-12,15-20,29,31,35,38,42-43,46-47,50,54-55,66H,21-28,30,32,34H2,1-7H3,(H,60,69)(H,61,68). The summed E-state index contributed by atoms with van der Waals surface area (Å²) in [7, 11) is 0. The van der Waals surface area contributed by atoms with Crippen LogP contribution in [0.4, 0.5) is 0 Å². The van der Waals surface area contributed by atoms with Gasteiger partial charge in [0.25, 0.3) is 5.91 Å². The van der Waals surface area contributed by atoms with Gasteiger partial charge in [0.2, 0.25) is 17.7 Å². The van der Waals surface area contributed by atoms with Crippen LogP contribution in [0.15, 0.2) is 83.4 Å². The maximum Gasteiger partial charge on any atom is 0.251 e. The first-order valence-corrected chi connectivity index (χ1v) is 25.8. The van der Waals surface area contributed by atoms with E-state index >= 15 is 0 Å². The molecule has 0 radical (unpaired) electrons. The lowest BCUT2D eigenvalue weighted by atomic mass is 9.49. The lowest BCUT2D eigenvalue weighted by Gasteiger charge is -2.63. The molecule has 4 unspecified atom stereocenters. The summed E-state index contributed by atoms with van der Waals surface area (Å²) in [5, 5.41) is 30.7. The van der Waals surface area contributed by atoms with Gasteiger partial charge >= 0.3 is 0 Å². The maximum absolute atomic E-state index is 14.1. The van der Waals surface area contributed by atoms with Crippen molar-refractivity contribution in [1.82, 2.24) is 30.5 Å². The SMILES string of the molecule is Cc1cc(C(C(=O)N2CC(O)CC2C(=O)NC(CC(=O)N2CCC(N3CCC(C#Cc4ccc(C(=O)NC5C(C)(C)C(Oc6ccc(C#N)c(Cl)c6)C5(C)C)cc4)CC3)CC2)c2ccccc2)C(C)C)on1. The number of aromatic nitrogens is 1. The van der Waals surface area contributed by atoms with E-state index in [9.17, 15) is 29.5 Å². The molecule has 1 aromatic heterocycles. The van der Waals surface area contributed by atoms with Crippen molar-refractivity contribution in [2.75, 3.05) is 32.7 Å². The van der Waals surface area contributed by atoms with Crippen LogP contribution in [-0.2, 0) is 14.4 Å². The Balaban J connectivity index is 0.795. The summed E-state index contributed by atoms with van der Waals surface area (Å²) in [5.74, 6) is 6.43. The molecule has 3 aliphatic heterocycles. The van der Waals surface area contributed by atoms with E-state index in [1.54, 1.807) is 31.2 Å². The zero-order valence-electron chi connectivity index (χ0n) is 42.5. The van der Waals surface area contributed by atoms with Gasteiger partial charge in [0.15, 0.2) is 0 Å². The summed E-state index contributed by atoms with van der Waals surface area (Å²) in [6.07, 6.45) is 2.75. The monoisotopic (exact) mass is 997 g/mol. The molecule has 3 aromatic carbocycles. The zero-order valence-corrected chi connectivity index (χ0v) is 43.2. The number of carbonyl (C=O) groups excluding carboxylic acids is 4. The van der Waals surface area contributed by atoms with E-state index < -0.39 is 30.0 Å². The van der Waals surface area contributed by atoms with Gasteiger partial charge in [0.05, 0.1) is 34.8 Å². The number of likely N-dealkylation sites (tertiary alicyclic amines) is 3. The highest BCUT2D eigenvalue weighted by Gasteiger charge is 2.64. The minimum Gasteiger partial charge on any atom is -0.489 e. The summed E-state index contributed by atoms with van der Waals surface area (Å²) in [5.41, 5.74) is 2.52. The fourth-order valence-corrected chi connectivity index (χ4v) is 12.1. The number of nitrogens with zero attached hydrogens (tertiary/aromatic N) is 5. The molecule has 3 N–H and O–H groups in total. The van der Waals surface area contributed by atoms with Gasteiger partial charge < -0.3 is 39.7 Å². The Labute approximate surface area is 428 Å². The fraction of sp³-hybridized carbons (Fsp3) is 0.509. The smallest absolute Gasteiger partial charge is 0.251 e. The van der Waals surface area contributed by atoms with Crippen LogP contribution in [0.25, 0.3) is 0 Å². The quantitative estimate of drug-likeness (QED) is 0.112. The first-order chi connectivity index (χ1) is 34.3. The Bertz CT molecular complexity index is 2690. The van der Waals surface area contributed by atoms with Crippen LogP contribution in [0.1, 0.15) is 131 Å². The van der Waals surface area contributed by atoms with E-state index in [2.05, 4.69) is 66.3 Å². The number of hydrogen-bond acceptors (Lipinski definition) is 10. The number of amides is 4. The van der Waals surface area contributed by atoms with E-state index in [1.807, 2.05) is 73.3 Å². The molecule has 4 fully saturated rings. The number of ether oxygens (including phenoxy) is 1. The average Bonchev–Trinajstić information content (AvgIpc) is 3.99. The topological polar surface area (TPSA) is 181 Å². The number of halogens is 1. The molecule has 4 atom stereocenters. The highest BCUT2D eigenvalue weighted by Crippen LogP contribution is 2.55. The highest BCUT2D eigenvalue weighted by atomic mass is 35.5. The van der Waals surface area contributed by atoms with Crippen molar-refractivity contribution in [3.63, 3.8) is 0 Å². The number of carbonyl (C=O) groups is 4. The number of piperidine rings is 2. The molecule has 380 valence electrons. The number of β-amino-alcohol motifs (C(OH)–C–C–N with tert-alkyl or cyclic N) is 1. The van der Waals surface area contributed by atoms with Gasteiger partial charge in [-0.1, -0.05) is 100 Å². The van der Waals surface area contributed by atoms with Crippen LogP contribution in [0.2, 0.25) is 5.02 Å². The minimum atomic E-state index is -0.906. The van der Waals surface area contributed by atoms with Gasteiger partial charge in [-0.25, -0.2) is 0 Å². The number of benzene rings is 3. The van der Waals surface area contributed by atoms with Crippen LogP contribution >= 0.6 is 11.6 Å². The van der Waals surface area contributed by atoms with Crippen molar-refractivity contribution in [3.8, 4) is 23.7 Å². The van der Waals surface area contributed by atoms with E-state index in [4.69, 9.17) is 20.9 Å². The molecule has 4 aromatic rings. The molecular formula is C57H68ClN7O7. The van der Waals surface area contributed by atoms with Gasteiger partial charge in [0, 0.05) is 78.1 Å². The second-order valence-electron chi connectivity index (χ2n) is 21.7. The Hall–Kier alpha value is -6.19. The van der Waals surface area contributed by atoms with Gasteiger partial charge in [-0.15, -0.1) is 0 Å². The second kappa shape index (κ2) is 21.9. The summed E-state index contributed by atoms with van der Waals surface area (Å²) in [6.45, 7) is 17.1. The Morgan fingerprint density at radius 1 is 0.931 bits per heavy atom. The van der Waals surface area contributed by atoms with Crippen molar-refractivity contribution in [3.05, 3.63) is 118 Å². The number of nitrogens with one attached hydrogen (secondary N) is 2. The summed E-state index contributed by atoms with van der Waals surface area (Å²) < 4.78 is 11.9. The van der Waals surface area contributed by atoms with Crippen molar-refractivity contribution >= 4 is 35.2 Å². The molecule has 1 saturated carbocycles. The van der Waals surface area contributed by atoms with Crippen molar-refractivity contribution < 1.29 is 33.5 Å². The molecule has 72 heavy (non-hydrogen) atoms. The first kappa shape index (κ1) is 52.1. The molecule has 4 aliphatic rings. The fourth-order valence-electron chi connectivity index (χ4n) is 11.8. The van der Waals surface area contributed by atoms with Crippen LogP contribution in [0.5, 0.6) is 5.75 Å². The van der Waals surface area contributed by atoms with Crippen LogP contribution in [0, 0.1) is 52.8 Å². The second-order valence-corrected chi connectivity index (χ2v) is 22.1. The van der Waals surface area contributed by atoms with Crippen LogP contribution in [-0.4, -0.2) is 112 Å². The van der Waals surface area contributed by atoms with E-state index in [-0.39, 0.29) is 71.9 Å². The molecule has 4 heterocycles. The summed E-state index contributed by atoms with van der Waals surface area (Å²) >= 11 is 6.27. The predicted molar refractivity (Wildman–Crippen MR) is 274 cm³/mol. The third-order valence-electron chi connectivity index (χ3n) is 15.5. The number of hydrogen-bond donors (Lipinski definition) is 3. The predicted octanol–water partition coefficient (Wildman–Crippen LogP) is 7.82. The van der Waals surface area contributed by atoms with Crippen LogP contribution in [0.3, 0.4) is 0 Å². The van der Waals surface area contributed by atoms with Crippen molar-refractivity contribution in [1.29, 1.82) is 5.26 Å². The molecule has 15 heteroatoms. The molecule has 0 bridgehead atoms. The van der Waals surface area contributed by atoms with E-state index in [1.165, 1.54) is 4.90 Å². The summed E-state index contributed by atoms with van der Waals surface area (Å²) in [4.78, 5) is 61.5. The van der Waals surface area contributed by atoms with Crippen molar-refractivity contribution in [2.45, 2.75) is 129 Å². The number of nitriles is 1. The summed E-state index contributed by atoms with van der Waals surface area (Å²) in [6, 6.07) is 24.5. The third kappa shape index (κ3) is 11.4. The zero-order chi connectivity index (χ0) is 51.5. The van der Waals surface area contributed by atoms with Gasteiger partial charge in [-0.2, -0.15) is 5.26 Å². The normalized spacial score (nSPS) is 23.0. The Kier molecular flexibility index (Phi) is 15.8. The highest BCUT2D eigenvalue weighted by molar-refractivity contribution is 6.31. The largest absolute Gasteiger partial charge is 0.489 e. The minimum absolute atomic E-state index is 0.0270. The Morgan fingerprint density at radius 2 is 1.61 bits per heavy atom. The average molecular weight is 999 g/mol. The van der Waals surface area contributed by atoms with Gasteiger partial charge in [0.1, 0.15) is 35.6 Å². The van der Waals surface area contributed by atoms with E-state index in [0.29, 0.717) is 52.5 Å². The van der Waals surface area contributed by atoms with E-state index in [0.717, 1.165) is 49.9 Å². The number of aliphatic hydroxyl groups excluding tert-OH is 1. The van der Waals surface area contributed by atoms with Crippen LogP contribution < -0.4 is 15.4 Å². The lowest BCUT2D eigenvalue weighted by molar-refractivity contribution is -0.164. The lowest BCUT2D eigenvalue weighted by Crippen LogP contribution is -2.74. The molecule has 3 saturated heterocycles. The Morgan fingerprint density at radius 3 is 2.22 bits per heavy atom. The molecule has 0 spiro atoms.